The van der Waals surface area contributed by atoms with Crippen molar-refractivity contribution in [3.8, 4) is 0 Å². The number of hydrogen-bond acceptors (Lipinski definition) is 3. The van der Waals surface area contributed by atoms with Crippen LogP contribution in [0.5, 0.6) is 0 Å². The van der Waals surface area contributed by atoms with Crippen LogP contribution in [0.1, 0.15) is 47.0 Å². The van der Waals surface area contributed by atoms with Crippen LogP contribution in [0.3, 0.4) is 0 Å². The van der Waals surface area contributed by atoms with E-state index in [9.17, 15) is 9.59 Å². The number of alkyl carbamates (subject to hydrolysis) is 1. The molecule has 0 bridgehead atoms. The number of nitrogens with one attached hydrogen (secondary N) is 1. The Kier molecular flexibility index (Phi) is 6.61. The van der Waals surface area contributed by atoms with Crippen molar-refractivity contribution in [1.82, 2.24) is 5.32 Å². The SMILES string of the molecule is CC(CCNC(=O)OC(C)(C)C)CCC(=O)O. The number of amides is 1. The van der Waals surface area contributed by atoms with Gasteiger partial charge >= 0.3 is 12.1 Å². The Morgan fingerprint density at radius 1 is 1.29 bits per heavy atom. The Morgan fingerprint density at radius 3 is 2.35 bits per heavy atom. The molecular weight excluding hydrogens is 222 g/mol. The van der Waals surface area contributed by atoms with E-state index in [2.05, 4.69) is 5.32 Å². The van der Waals surface area contributed by atoms with Crippen LogP contribution < -0.4 is 5.32 Å². The molecule has 0 rings (SSSR count). The molecule has 1 amide bonds. The summed E-state index contributed by atoms with van der Waals surface area (Å²) in [6.07, 6.45) is 1.13. The van der Waals surface area contributed by atoms with Crippen molar-refractivity contribution in [2.24, 2.45) is 5.92 Å². The highest BCUT2D eigenvalue weighted by atomic mass is 16.6. The summed E-state index contributed by atoms with van der Waals surface area (Å²) in [6, 6.07) is 0. The lowest BCUT2D eigenvalue weighted by molar-refractivity contribution is -0.137. The molecule has 2 N–H and O–H groups in total. The average Bonchev–Trinajstić information content (AvgIpc) is 2.11. The van der Waals surface area contributed by atoms with E-state index < -0.39 is 17.7 Å². The van der Waals surface area contributed by atoms with Gasteiger partial charge in [0.1, 0.15) is 5.60 Å². The van der Waals surface area contributed by atoms with Crippen molar-refractivity contribution in [2.45, 2.75) is 52.6 Å². The molecule has 0 spiro atoms. The van der Waals surface area contributed by atoms with Gasteiger partial charge in [0, 0.05) is 13.0 Å². The molecule has 17 heavy (non-hydrogen) atoms. The first kappa shape index (κ1) is 15.7. The summed E-state index contributed by atoms with van der Waals surface area (Å²) in [5.41, 5.74) is -0.487. The zero-order chi connectivity index (χ0) is 13.5. The molecule has 1 atom stereocenters. The lowest BCUT2D eigenvalue weighted by Gasteiger charge is -2.20. The fourth-order valence-electron chi connectivity index (χ4n) is 1.25. The van der Waals surface area contributed by atoms with Gasteiger partial charge in [-0.05, 0) is 39.5 Å². The molecule has 100 valence electrons. The molecular formula is C12H23NO4. The van der Waals surface area contributed by atoms with Gasteiger partial charge in [-0.3, -0.25) is 4.79 Å². The van der Waals surface area contributed by atoms with Gasteiger partial charge in [0.25, 0.3) is 0 Å². The van der Waals surface area contributed by atoms with Gasteiger partial charge < -0.3 is 15.2 Å². The Bertz CT molecular complexity index is 258. The third kappa shape index (κ3) is 11.0. The van der Waals surface area contributed by atoms with Gasteiger partial charge in [0.05, 0.1) is 0 Å². The summed E-state index contributed by atoms with van der Waals surface area (Å²) in [4.78, 5) is 21.6. The number of rotatable bonds is 6. The van der Waals surface area contributed by atoms with Crippen molar-refractivity contribution < 1.29 is 19.4 Å². The summed E-state index contributed by atoms with van der Waals surface area (Å²) in [5.74, 6) is -0.502. The third-order valence-corrected chi connectivity index (χ3v) is 2.16. The maximum atomic E-state index is 11.3. The molecule has 0 saturated heterocycles. The zero-order valence-corrected chi connectivity index (χ0v) is 11.1. The molecule has 0 fully saturated rings. The van der Waals surface area contributed by atoms with Crippen molar-refractivity contribution in [1.29, 1.82) is 0 Å². The van der Waals surface area contributed by atoms with E-state index in [0.29, 0.717) is 13.0 Å². The van der Waals surface area contributed by atoms with Gasteiger partial charge in [0.2, 0.25) is 0 Å². The van der Waals surface area contributed by atoms with Crippen molar-refractivity contribution in [3.63, 3.8) is 0 Å². The predicted molar refractivity (Wildman–Crippen MR) is 64.9 cm³/mol. The van der Waals surface area contributed by atoms with E-state index in [1.165, 1.54) is 0 Å². The Morgan fingerprint density at radius 2 is 1.88 bits per heavy atom. The first-order valence-corrected chi connectivity index (χ1v) is 5.89. The fourth-order valence-corrected chi connectivity index (χ4v) is 1.25. The number of carboxylic acids is 1. The second kappa shape index (κ2) is 7.14. The van der Waals surface area contributed by atoms with E-state index in [1.54, 1.807) is 0 Å². The molecule has 0 aromatic rings. The fraction of sp³-hybridized carbons (Fsp3) is 0.833. The predicted octanol–water partition coefficient (Wildman–Crippen LogP) is 2.40. The minimum Gasteiger partial charge on any atom is -0.481 e. The minimum absolute atomic E-state index is 0.174. The highest BCUT2D eigenvalue weighted by molar-refractivity contribution is 5.67. The topological polar surface area (TPSA) is 75.6 Å². The van der Waals surface area contributed by atoms with E-state index in [0.717, 1.165) is 6.42 Å². The van der Waals surface area contributed by atoms with Gasteiger partial charge in [0.15, 0.2) is 0 Å². The summed E-state index contributed by atoms with van der Waals surface area (Å²) in [6.45, 7) is 7.90. The quantitative estimate of drug-likeness (QED) is 0.753. The van der Waals surface area contributed by atoms with Gasteiger partial charge in [-0.2, -0.15) is 0 Å². The highest BCUT2D eigenvalue weighted by Gasteiger charge is 2.15. The maximum absolute atomic E-state index is 11.3. The number of carbonyl (C=O) groups excluding carboxylic acids is 1. The number of carboxylic acid groups (broad SMARTS) is 1. The molecule has 0 radical (unpaired) electrons. The molecule has 0 saturated carbocycles. The zero-order valence-electron chi connectivity index (χ0n) is 11.1. The van der Waals surface area contributed by atoms with E-state index >= 15 is 0 Å². The molecule has 0 aliphatic heterocycles. The Balaban J connectivity index is 3.62. The summed E-state index contributed by atoms with van der Waals surface area (Å²) in [5, 5.41) is 11.2. The molecule has 1 unspecified atom stereocenters. The first-order chi connectivity index (χ1) is 7.70. The monoisotopic (exact) mass is 245 g/mol. The van der Waals surface area contributed by atoms with Crippen molar-refractivity contribution in [3.05, 3.63) is 0 Å². The van der Waals surface area contributed by atoms with Crippen LogP contribution in [0.25, 0.3) is 0 Å². The standard InChI is InChI=1S/C12H23NO4/c1-9(5-6-10(14)15)7-8-13-11(16)17-12(2,3)4/h9H,5-8H2,1-4H3,(H,13,16)(H,14,15). The summed E-state index contributed by atoms with van der Waals surface area (Å²) >= 11 is 0. The van der Waals surface area contributed by atoms with Crippen LogP contribution in [-0.4, -0.2) is 29.3 Å². The van der Waals surface area contributed by atoms with E-state index in [1.807, 2.05) is 27.7 Å². The van der Waals surface area contributed by atoms with E-state index in [4.69, 9.17) is 9.84 Å². The van der Waals surface area contributed by atoms with E-state index in [-0.39, 0.29) is 12.3 Å². The number of hydrogen-bond donors (Lipinski definition) is 2. The molecule has 0 aliphatic rings. The number of carbonyl (C=O) groups is 2. The van der Waals surface area contributed by atoms with Crippen LogP contribution in [-0.2, 0) is 9.53 Å². The van der Waals surface area contributed by atoms with Gasteiger partial charge in [-0.1, -0.05) is 6.92 Å². The molecule has 0 aliphatic carbocycles. The van der Waals surface area contributed by atoms with Crippen molar-refractivity contribution >= 4 is 12.1 Å². The van der Waals surface area contributed by atoms with Crippen molar-refractivity contribution in [2.75, 3.05) is 6.54 Å². The second-order valence-electron chi connectivity index (χ2n) is 5.25. The Hall–Kier alpha value is -1.26. The normalized spacial score (nSPS) is 12.9. The molecule has 0 aromatic heterocycles. The Labute approximate surface area is 103 Å². The smallest absolute Gasteiger partial charge is 0.407 e. The van der Waals surface area contributed by atoms with Crippen LogP contribution >= 0.6 is 0 Å². The first-order valence-electron chi connectivity index (χ1n) is 5.89. The highest BCUT2D eigenvalue weighted by Crippen LogP contribution is 2.10. The summed E-state index contributed by atoms with van der Waals surface area (Å²) in [7, 11) is 0. The minimum atomic E-state index is -0.781. The lowest BCUT2D eigenvalue weighted by Crippen LogP contribution is -2.33. The lowest BCUT2D eigenvalue weighted by atomic mass is 10.0. The largest absolute Gasteiger partial charge is 0.481 e. The summed E-state index contributed by atoms with van der Waals surface area (Å²) < 4.78 is 5.07. The number of ether oxygens (including phenoxy) is 1. The molecule has 0 heterocycles. The van der Waals surface area contributed by atoms with Crippen LogP contribution in [0.2, 0.25) is 0 Å². The van der Waals surface area contributed by atoms with Gasteiger partial charge in [-0.25, -0.2) is 4.79 Å². The van der Waals surface area contributed by atoms with Crippen LogP contribution in [0, 0.1) is 5.92 Å². The average molecular weight is 245 g/mol. The molecule has 0 aromatic carbocycles. The van der Waals surface area contributed by atoms with Crippen LogP contribution in [0.4, 0.5) is 4.79 Å². The van der Waals surface area contributed by atoms with Crippen LogP contribution in [0.15, 0.2) is 0 Å². The second-order valence-corrected chi connectivity index (χ2v) is 5.25. The molecule has 5 heteroatoms. The maximum Gasteiger partial charge on any atom is 0.407 e. The molecule has 5 nitrogen and oxygen atoms in total. The number of aliphatic carboxylic acids is 1. The van der Waals surface area contributed by atoms with Gasteiger partial charge in [-0.15, -0.1) is 0 Å². The third-order valence-electron chi connectivity index (χ3n) is 2.16.